The summed E-state index contributed by atoms with van der Waals surface area (Å²) in [6, 6.07) is 4.45. The molecule has 3 rings (SSSR count). The molecule has 0 unspecified atom stereocenters. The van der Waals surface area contributed by atoms with Crippen LogP contribution in [0.4, 0.5) is 17.6 Å². The van der Waals surface area contributed by atoms with Gasteiger partial charge in [0.1, 0.15) is 17.2 Å². The van der Waals surface area contributed by atoms with Crippen LogP contribution in [0.5, 0.6) is 0 Å². The maximum Gasteiger partial charge on any atom is 0.401 e. The van der Waals surface area contributed by atoms with Gasteiger partial charge in [-0.2, -0.15) is 13.2 Å². The predicted octanol–water partition coefficient (Wildman–Crippen LogP) is 4.83. The number of alkyl halides is 3. The van der Waals surface area contributed by atoms with E-state index in [0.29, 0.717) is 43.6 Å². The maximum absolute atomic E-state index is 13.4. The topological polar surface area (TPSA) is 52.8 Å². The molecule has 174 valence electrons. The summed E-state index contributed by atoms with van der Waals surface area (Å²) in [7, 11) is 1.67. The van der Waals surface area contributed by atoms with Crippen molar-refractivity contribution >= 4 is 40.9 Å². The molecule has 2 heterocycles. The van der Waals surface area contributed by atoms with Crippen LogP contribution in [0.1, 0.15) is 30.6 Å². The molecule has 1 aliphatic heterocycles. The van der Waals surface area contributed by atoms with Crippen LogP contribution in [0, 0.1) is 18.7 Å². The zero-order valence-electron chi connectivity index (χ0n) is 17.7. The van der Waals surface area contributed by atoms with Crippen LogP contribution in [0.2, 0.25) is 0 Å². The summed E-state index contributed by atoms with van der Waals surface area (Å²) in [6.07, 6.45) is -1.69. The first-order valence-electron chi connectivity index (χ1n) is 10.2. The van der Waals surface area contributed by atoms with Crippen molar-refractivity contribution in [2.24, 2.45) is 10.9 Å². The van der Waals surface area contributed by atoms with Crippen molar-refractivity contribution in [3.05, 3.63) is 35.3 Å². The molecule has 0 amide bonds. The Labute approximate surface area is 196 Å². The second kappa shape index (κ2) is 11.3. The number of rotatable bonds is 6. The highest BCUT2D eigenvalue weighted by Crippen LogP contribution is 2.26. The molecule has 2 N–H and O–H groups in total. The fraction of sp³-hybridized carbons (Fsp3) is 0.571. The van der Waals surface area contributed by atoms with E-state index < -0.39 is 12.7 Å². The second-order valence-corrected chi connectivity index (χ2v) is 7.77. The molecule has 0 spiro atoms. The summed E-state index contributed by atoms with van der Waals surface area (Å²) < 4.78 is 56.7. The molecule has 0 bridgehead atoms. The van der Waals surface area contributed by atoms with Gasteiger partial charge >= 0.3 is 6.18 Å². The summed E-state index contributed by atoms with van der Waals surface area (Å²) in [5, 5.41) is 7.19. The molecule has 1 aromatic carbocycles. The highest BCUT2D eigenvalue weighted by atomic mass is 127. The lowest BCUT2D eigenvalue weighted by atomic mass is 9.93. The fourth-order valence-electron chi connectivity index (χ4n) is 3.88. The number of fused-ring (bicyclic) bond motifs is 1. The Balaban J connectivity index is 0.00000341. The number of likely N-dealkylation sites (tertiary alicyclic amines) is 1. The number of nitrogens with zero attached hydrogens (tertiary/aromatic N) is 2. The summed E-state index contributed by atoms with van der Waals surface area (Å²) in [5.74, 6) is 1.45. The van der Waals surface area contributed by atoms with Crippen molar-refractivity contribution < 1.29 is 22.0 Å². The largest absolute Gasteiger partial charge is 0.459 e. The molecule has 0 saturated carbocycles. The van der Waals surface area contributed by atoms with Crippen LogP contribution >= 0.6 is 24.0 Å². The number of halogens is 5. The fourth-order valence-corrected chi connectivity index (χ4v) is 3.88. The lowest BCUT2D eigenvalue weighted by Gasteiger charge is -2.32. The molecule has 1 saturated heterocycles. The minimum absolute atomic E-state index is 0. The van der Waals surface area contributed by atoms with Crippen molar-refractivity contribution in [1.29, 1.82) is 0 Å². The van der Waals surface area contributed by atoms with Gasteiger partial charge in [-0.25, -0.2) is 4.39 Å². The molecule has 31 heavy (non-hydrogen) atoms. The van der Waals surface area contributed by atoms with Gasteiger partial charge in [-0.1, -0.05) is 0 Å². The second-order valence-electron chi connectivity index (χ2n) is 7.77. The number of nitrogens with one attached hydrogen (secondary N) is 2. The van der Waals surface area contributed by atoms with Crippen LogP contribution in [0.15, 0.2) is 27.6 Å². The molecular formula is C21H29F4IN4O. The number of benzene rings is 1. The van der Waals surface area contributed by atoms with Crippen molar-refractivity contribution in [1.82, 2.24) is 15.5 Å². The van der Waals surface area contributed by atoms with E-state index in [-0.39, 0.29) is 29.8 Å². The number of guanidine groups is 1. The van der Waals surface area contributed by atoms with Crippen LogP contribution in [0.25, 0.3) is 11.0 Å². The number of furan rings is 1. The van der Waals surface area contributed by atoms with Crippen molar-refractivity contribution in [3.63, 3.8) is 0 Å². The average molecular weight is 556 g/mol. The van der Waals surface area contributed by atoms with E-state index >= 15 is 0 Å². The quantitative estimate of drug-likeness (QED) is 0.232. The number of hydrogen-bond donors (Lipinski definition) is 2. The molecule has 2 aromatic rings. The Hall–Kier alpha value is -1.56. The van der Waals surface area contributed by atoms with Crippen molar-refractivity contribution in [2.75, 3.05) is 33.2 Å². The molecule has 1 fully saturated rings. The molecule has 1 aromatic heterocycles. The lowest BCUT2D eigenvalue weighted by molar-refractivity contribution is -0.148. The smallest absolute Gasteiger partial charge is 0.401 e. The van der Waals surface area contributed by atoms with E-state index in [9.17, 15) is 17.6 Å². The van der Waals surface area contributed by atoms with Crippen LogP contribution in [-0.4, -0.2) is 50.3 Å². The Morgan fingerprint density at radius 2 is 1.94 bits per heavy atom. The molecule has 0 radical (unpaired) electrons. The van der Waals surface area contributed by atoms with Crippen LogP contribution in [0.3, 0.4) is 0 Å². The molecule has 5 nitrogen and oxygen atoms in total. The summed E-state index contributed by atoms with van der Waals surface area (Å²) in [4.78, 5) is 5.67. The highest BCUT2D eigenvalue weighted by molar-refractivity contribution is 14.0. The van der Waals surface area contributed by atoms with Gasteiger partial charge in [0.05, 0.1) is 13.1 Å². The van der Waals surface area contributed by atoms with Crippen molar-refractivity contribution in [3.8, 4) is 0 Å². The van der Waals surface area contributed by atoms with Gasteiger partial charge in [-0.15, -0.1) is 24.0 Å². The molecule has 1 aliphatic rings. The summed E-state index contributed by atoms with van der Waals surface area (Å²) in [5.41, 5.74) is 1.53. The highest BCUT2D eigenvalue weighted by Gasteiger charge is 2.32. The third-order valence-corrected chi connectivity index (χ3v) is 5.59. The SMILES string of the molecule is CN=C(NCCC1CCN(CC(F)(F)F)CC1)NCc1oc2ccc(F)cc2c1C.I. The van der Waals surface area contributed by atoms with Crippen LogP contribution in [-0.2, 0) is 6.54 Å². The first-order chi connectivity index (χ1) is 14.2. The monoisotopic (exact) mass is 556 g/mol. The third kappa shape index (κ3) is 7.51. The molecule has 0 aliphatic carbocycles. The summed E-state index contributed by atoms with van der Waals surface area (Å²) >= 11 is 0. The number of piperidine rings is 1. The molecule has 10 heteroatoms. The van der Waals surface area contributed by atoms with E-state index in [1.807, 2.05) is 6.92 Å². The van der Waals surface area contributed by atoms with Gasteiger partial charge in [0.15, 0.2) is 5.96 Å². The standard InChI is InChI=1S/C21H28F4N4O.HI/c1-14-17-11-16(22)3-4-18(17)30-19(14)12-28-20(26-2)27-8-5-15-6-9-29(10-7-15)13-21(23,24)25;/h3-4,11,15H,5-10,12-13H2,1-2H3,(H2,26,27,28);1H. The predicted molar refractivity (Wildman–Crippen MR) is 124 cm³/mol. The number of hydrogen-bond acceptors (Lipinski definition) is 3. The minimum Gasteiger partial charge on any atom is -0.459 e. The third-order valence-electron chi connectivity index (χ3n) is 5.59. The Kier molecular flexibility index (Phi) is 9.41. The van der Waals surface area contributed by atoms with Gasteiger partial charge in [0.25, 0.3) is 0 Å². The molecule has 0 atom stereocenters. The van der Waals surface area contributed by atoms with Crippen molar-refractivity contribution in [2.45, 2.75) is 38.9 Å². The molecular weight excluding hydrogens is 527 g/mol. The first-order valence-corrected chi connectivity index (χ1v) is 10.2. The number of aryl methyl sites for hydroxylation is 1. The van der Waals surface area contributed by atoms with E-state index in [0.717, 1.165) is 36.0 Å². The van der Waals surface area contributed by atoms with Gasteiger partial charge in [-0.3, -0.25) is 9.89 Å². The van der Waals surface area contributed by atoms with E-state index in [1.54, 1.807) is 13.1 Å². The summed E-state index contributed by atoms with van der Waals surface area (Å²) in [6.45, 7) is 3.16. The van der Waals surface area contributed by atoms with E-state index in [1.165, 1.54) is 17.0 Å². The Bertz CT molecular complexity index is 876. The van der Waals surface area contributed by atoms with E-state index in [2.05, 4.69) is 15.6 Å². The maximum atomic E-state index is 13.4. The lowest BCUT2D eigenvalue weighted by Crippen LogP contribution is -2.41. The Morgan fingerprint density at radius 1 is 1.23 bits per heavy atom. The van der Waals surface area contributed by atoms with Gasteiger partial charge in [-0.05, 0) is 63.4 Å². The first kappa shape index (κ1) is 25.7. The number of aliphatic imine (C=N–C) groups is 1. The van der Waals surface area contributed by atoms with Gasteiger partial charge in [0, 0.05) is 24.5 Å². The van der Waals surface area contributed by atoms with Gasteiger partial charge in [0.2, 0.25) is 0 Å². The van der Waals surface area contributed by atoms with Crippen LogP contribution < -0.4 is 10.6 Å². The normalized spacial score (nSPS) is 16.4. The zero-order valence-corrected chi connectivity index (χ0v) is 20.0. The average Bonchev–Trinajstić information content (AvgIpc) is 3.00. The minimum atomic E-state index is -4.13. The Morgan fingerprint density at radius 3 is 2.58 bits per heavy atom. The van der Waals surface area contributed by atoms with E-state index in [4.69, 9.17) is 4.42 Å². The van der Waals surface area contributed by atoms with Gasteiger partial charge < -0.3 is 15.1 Å². The zero-order chi connectivity index (χ0) is 21.7.